The Morgan fingerprint density at radius 2 is 1.44 bits per heavy atom. The first-order chi connectivity index (χ1) is 7.48. The van der Waals surface area contributed by atoms with Crippen LogP contribution >= 0.6 is 0 Å². The lowest BCUT2D eigenvalue weighted by Gasteiger charge is -2.25. The monoisotopic (exact) mass is 230 g/mol. The van der Waals surface area contributed by atoms with Crippen LogP contribution in [0.4, 0.5) is 0 Å². The highest BCUT2D eigenvalue weighted by Crippen LogP contribution is 2.20. The Balaban J connectivity index is 3.21. The van der Waals surface area contributed by atoms with Crippen molar-refractivity contribution in [2.24, 2.45) is 5.41 Å². The molecule has 1 atom stereocenters. The van der Waals surface area contributed by atoms with E-state index < -0.39 is 6.29 Å². The summed E-state index contributed by atoms with van der Waals surface area (Å²) in [5.74, 6) is 0. The van der Waals surface area contributed by atoms with Gasteiger partial charge < -0.3 is 9.84 Å². The highest BCUT2D eigenvalue weighted by molar-refractivity contribution is 4.64. The van der Waals surface area contributed by atoms with Crippen LogP contribution in [0.3, 0.4) is 0 Å². The van der Waals surface area contributed by atoms with E-state index in [1.165, 1.54) is 38.5 Å². The summed E-state index contributed by atoms with van der Waals surface area (Å²) in [4.78, 5) is 0. The van der Waals surface area contributed by atoms with Crippen molar-refractivity contribution >= 4 is 0 Å². The molecular formula is C14H30O2. The van der Waals surface area contributed by atoms with E-state index in [1.807, 2.05) is 20.8 Å². The quantitative estimate of drug-likeness (QED) is 0.477. The van der Waals surface area contributed by atoms with E-state index in [1.54, 1.807) is 0 Å². The van der Waals surface area contributed by atoms with E-state index >= 15 is 0 Å². The SMILES string of the molecule is CCCCCCCCCOC(O)C(C)(C)C. The third-order valence-electron chi connectivity index (χ3n) is 2.76. The first-order valence-electron chi connectivity index (χ1n) is 6.78. The maximum atomic E-state index is 9.64. The van der Waals surface area contributed by atoms with E-state index in [4.69, 9.17) is 4.74 Å². The van der Waals surface area contributed by atoms with Crippen molar-refractivity contribution in [2.45, 2.75) is 78.9 Å². The van der Waals surface area contributed by atoms with Gasteiger partial charge >= 0.3 is 0 Å². The molecule has 0 fully saturated rings. The number of unbranched alkanes of at least 4 members (excludes halogenated alkanes) is 6. The Hall–Kier alpha value is -0.0800. The second-order valence-corrected chi connectivity index (χ2v) is 5.71. The molecule has 0 radical (unpaired) electrons. The minimum atomic E-state index is -0.632. The fourth-order valence-corrected chi connectivity index (χ4v) is 1.50. The van der Waals surface area contributed by atoms with Gasteiger partial charge in [-0.25, -0.2) is 0 Å². The summed E-state index contributed by atoms with van der Waals surface area (Å²) in [6.07, 6.45) is 8.33. The van der Waals surface area contributed by atoms with Crippen LogP contribution in [0.5, 0.6) is 0 Å². The van der Waals surface area contributed by atoms with Crippen LogP contribution in [0.1, 0.15) is 72.6 Å². The summed E-state index contributed by atoms with van der Waals surface area (Å²) >= 11 is 0. The topological polar surface area (TPSA) is 29.5 Å². The van der Waals surface area contributed by atoms with Gasteiger partial charge in [0.25, 0.3) is 0 Å². The molecule has 1 unspecified atom stereocenters. The maximum Gasteiger partial charge on any atom is 0.159 e. The van der Waals surface area contributed by atoms with Crippen molar-refractivity contribution in [1.29, 1.82) is 0 Å². The van der Waals surface area contributed by atoms with Crippen molar-refractivity contribution in [1.82, 2.24) is 0 Å². The number of rotatable bonds is 9. The largest absolute Gasteiger partial charge is 0.368 e. The molecule has 2 heteroatoms. The highest BCUT2D eigenvalue weighted by atomic mass is 16.6. The van der Waals surface area contributed by atoms with Crippen LogP contribution in [0, 0.1) is 5.41 Å². The van der Waals surface area contributed by atoms with Gasteiger partial charge in [-0.3, -0.25) is 0 Å². The number of hydrogen-bond donors (Lipinski definition) is 1. The molecular weight excluding hydrogens is 200 g/mol. The average molecular weight is 230 g/mol. The van der Waals surface area contributed by atoms with Gasteiger partial charge in [-0.15, -0.1) is 0 Å². The molecule has 0 heterocycles. The van der Waals surface area contributed by atoms with Crippen molar-refractivity contribution in [2.75, 3.05) is 6.61 Å². The van der Waals surface area contributed by atoms with Crippen LogP contribution in [0.15, 0.2) is 0 Å². The van der Waals surface area contributed by atoms with Crippen molar-refractivity contribution < 1.29 is 9.84 Å². The molecule has 0 aromatic carbocycles. The second-order valence-electron chi connectivity index (χ2n) is 5.71. The molecule has 2 nitrogen and oxygen atoms in total. The number of aliphatic hydroxyl groups excluding tert-OH is 1. The van der Waals surface area contributed by atoms with Gasteiger partial charge in [0.15, 0.2) is 6.29 Å². The zero-order chi connectivity index (χ0) is 12.4. The van der Waals surface area contributed by atoms with Crippen LogP contribution in [0.25, 0.3) is 0 Å². The van der Waals surface area contributed by atoms with Crippen molar-refractivity contribution in [3.8, 4) is 0 Å². The number of hydrogen-bond acceptors (Lipinski definition) is 2. The molecule has 1 N–H and O–H groups in total. The molecule has 0 aromatic rings. The minimum Gasteiger partial charge on any atom is -0.368 e. The van der Waals surface area contributed by atoms with Gasteiger partial charge in [-0.1, -0.05) is 66.2 Å². The molecule has 0 bridgehead atoms. The Labute approximate surface area is 101 Å². The number of ether oxygens (including phenoxy) is 1. The lowest BCUT2D eigenvalue weighted by molar-refractivity contribution is -0.159. The first kappa shape index (κ1) is 15.9. The molecule has 0 aliphatic rings. The molecule has 0 aliphatic heterocycles. The molecule has 16 heavy (non-hydrogen) atoms. The van der Waals surface area contributed by atoms with Crippen molar-refractivity contribution in [3.63, 3.8) is 0 Å². The summed E-state index contributed by atoms with van der Waals surface area (Å²) in [7, 11) is 0. The second kappa shape index (κ2) is 9.00. The van der Waals surface area contributed by atoms with Crippen LogP contribution < -0.4 is 0 Å². The molecule has 0 aromatic heterocycles. The van der Waals surface area contributed by atoms with E-state index in [0.29, 0.717) is 6.61 Å². The highest BCUT2D eigenvalue weighted by Gasteiger charge is 2.22. The lowest BCUT2D eigenvalue weighted by atomic mass is 9.96. The number of aliphatic hydroxyl groups is 1. The van der Waals surface area contributed by atoms with Crippen LogP contribution in [-0.4, -0.2) is 18.0 Å². The van der Waals surface area contributed by atoms with Gasteiger partial charge in [0.1, 0.15) is 0 Å². The zero-order valence-electron chi connectivity index (χ0n) is 11.6. The van der Waals surface area contributed by atoms with E-state index in [0.717, 1.165) is 6.42 Å². The molecule has 0 aliphatic carbocycles. The summed E-state index contributed by atoms with van der Waals surface area (Å²) < 4.78 is 5.39. The average Bonchev–Trinajstić information content (AvgIpc) is 2.20. The third-order valence-corrected chi connectivity index (χ3v) is 2.76. The molecule has 0 rings (SSSR count). The van der Waals surface area contributed by atoms with E-state index in [-0.39, 0.29) is 5.41 Å². The molecule has 0 saturated carbocycles. The van der Waals surface area contributed by atoms with Crippen molar-refractivity contribution in [3.05, 3.63) is 0 Å². The van der Waals surface area contributed by atoms with E-state index in [2.05, 4.69) is 6.92 Å². The predicted octanol–water partition coefficient (Wildman–Crippen LogP) is 4.12. The maximum absolute atomic E-state index is 9.64. The lowest BCUT2D eigenvalue weighted by Crippen LogP contribution is -2.29. The van der Waals surface area contributed by atoms with Gasteiger partial charge in [-0.2, -0.15) is 0 Å². The Kier molecular flexibility index (Phi) is 8.96. The molecule has 98 valence electrons. The van der Waals surface area contributed by atoms with Gasteiger partial charge in [0.05, 0.1) is 0 Å². The van der Waals surface area contributed by atoms with Gasteiger partial charge in [-0.05, 0) is 6.42 Å². The summed E-state index contributed by atoms with van der Waals surface area (Å²) in [5, 5.41) is 9.64. The van der Waals surface area contributed by atoms with E-state index in [9.17, 15) is 5.11 Å². The fourth-order valence-electron chi connectivity index (χ4n) is 1.50. The Bertz CT molecular complexity index is 149. The Morgan fingerprint density at radius 3 is 1.94 bits per heavy atom. The van der Waals surface area contributed by atoms with Crippen LogP contribution in [-0.2, 0) is 4.74 Å². The summed E-state index contributed by atoms with van der Waals surface area (Å²) in [6, 6.07) is 0. The normalized spacial score (nSPS) is 14.1. The van der Waals surface area contributed by atoms with Gasteiger partial charge in [0, 0.05) is 12.0 Å². The summed E-state index contributed by atoms with van der Waals surface area (Å²) in [6.45, 7) is 8.89. The fraction of sp³-hybridized carbons (Fsp3) is 1.00. The van der Waals surface area contributed by atoms with Gasteiger partial charge in [0.2, 0.25) is 0 Å². The van der Waals surface area contributed by atoms with Crippen LogP contribution in [0.2, 0.25) is 0 Å². The smallest absolute Gasteiger partial charge is 0.159 e. The first-order valence-corrected chi connectivity index (χ1v) is 6.78. The third kappa shape index (κ3) is 9.17. The Morgan fingerprint density at radius 1 is 0.938 bits per heavy atom. The minimum absolute atomic E-state index is 0.166. The predicted molar refractivity (Wildman–Crippen MR) is 69.4 cm³/mol. The summed E-state index contributed by atoms with van der Waals surface area (Å²) in [5.41, 5.74) is -0.166. The molecule has 0 saturated heterocycles. The standard InChI is InChI=1S/C14H30O2/c1-5-6-7-8-9-10-11-12-16-13(15)14(2,3)4/h13,15H,5-12H2,1-4H3. The molecule has 0 amide bonds. The zero-order valence-corrected chi connectivity index (χ0v) is 11.6. The molecule has 0 spiro atoms.